The number of ether oxygens (including phenoxy) is 1. The molecule has 0 N–H and O–H groups in total. The second-order valence-electron chi connectivity index (χ2n) is 5.41. The predicted octanol–water partition coefficient (Wildman–Crippen LogP) is 3.25. The molecule has 2 aliphatic rings. The Bertz CT molecular complexity index is 509. The second kappa shape index (κ2) is 4.25. The van der Waals surface area contributed by atoms with E-state index in [9.17, 15) is 4.79 Å². The summed E-state index contributed by atoms with van der Waals surface area (Å²) in [6.07, 6.45) is 7.44. The van der Waals surface area contributed by atoms with Gasteiger partial charge in [-0.2, -0.15) is 4.99 Å². The lowest BCUT2D eigenvalue weighted by molar-refractivity contribution is 0.118. The summed E-state index contributed by atoms with van der Waals surface area (Å²) in [4.78, 5) is 14.6. The van der Waals surface area contributed by atoms with Gasteiger partial charge in [-0.1, -0.05) is 11.6 Å². The van der Waals surface area contributed by atoms with Crippen molar-refractivity contribution in [3.63, 3.8) is 0 Å². The van der Waals surface area contributed by atoms with Crippen molar-refractivity contribution in [3.05, 3.63) is 29.3 Å². The Labute approximate surface area is 107 Å². The predicted molar refractivity (Wildman–Crippen MR) is 68.5 cm³/mol. The molecule has 0 spiro atoms. The lowest BCUT2D eigenvalue weighted by atomic mass is 9.95. The third-order valence-electron chi connectivity index (χ3n) is 3.97. The van der Waals surface area contributed by atoms with Crippen molar-refractivity contribution in [2.75, 3.05) is 0 Å². The van der Waals surface area contributed by atoms with Gasteiger partial charge in [0.2, 0.25) is 6.08 Å². The van der Waals surface area contributed by atoms with Gasteiger partial charge in [0.05, 0.1) is 6.10 Å². The summed E-state index contributed by atoms with van der Waals surface area (Å²) in [5.74, 6) is 0.904. The van der Waals surface area contributed by atoms with E-state index in [0.29, 0.717) is 6.10 Å². The van der Waals surface area contributed by atoms with Gasteiger partial charge >= 0.3 is 0 Å². The lowest BCUT2D eigenvalue weighted by Gasteiger charge is -2.28. The number of aryl methyl sites for hydroxylation is 1. The third kappa shape index (κ3) is 1.95. The standard InChI is InChI=1S/C15H17NO2/c1-11-5-6-14(18-12-3-2-4-12)13(9-11)15(7-8-15)16-10-17/h5-6,9,12H,2-4,7-8H2,1H3. The number of carbonyl (C=O) groups excluding carboxylic acids is 1. The highest BCUT2D eigenvalue weighted by Gasteiger charge is 2.47. The SMILES string of the molecule is Cc1ccc(OC2CCC2)c(C2(N=C=O)CC2)c1. The van der Waals surface area contributed by atoms with Gasteiger partial charge in [-0.05, 0) is 51.2 Å². The summed E-state index contributed by atoms with van der Waals surface area (Å²) in [7, 11) is 0. The van der Waals surface area contributed by atoms with Crippen molar-refractivity contribution in [2.45, 2.75) is 50.7 Å². The van der Waals surface area contributed by atoms with Crippen LogP contribution in [0, 0.1) is 6.92 Å². The molecule has 0 saturated heterocycles. The van der Waals surface area contributed by atoms with Crippen LogP contribution in [0.2, 0.25) is 0 Å². The number of isocyanates is 1. The first-order valence-corrected chi connectivity index (χ1v) is 6.60. The van der Waals surface area contributed by atoms with Gasteiger partial charge in [0.1, 0.15) is 11.3 Å². The first-order chi connectivity index (χ1) is 8.73. The molecule has 18 heavy (non-hydrogen) atoms. The minimum atomic E-state index is -0.340. The molecule has 3 rings (SSSR count). The maximum Gasteiger partial charge on any atom is 0.235 e. The lowest BCUT2D eigenvalue weighted by Crippen LogP contribution is -2.25. The van der Waals surface area contributed by atoms with E-state index in [1.165, 1.54) is 12.0 Å². The van der Waals surface area contributed by atoms with Gasteiger partial charge in [-0.25, -0.2) is 4.79 Å². The highest BCUT2D eigenvalue weighted by molar-refractivity contribution is 5.48. The summed E-state index contributed by atoms with van der Waals surface area (Å²) < 4.78 is 6.02. The largest absolute Gasteiger partial charge is 0.490 e. The van der Waals surface area contributed by atoms with Crippen LogP contribution in [0.15, 0.2) is 23.2 Å². The van der Waals surface area contributed by atoms with Gasteiger partial charge < -0.3 is 4.74 Å². The Morgan fingerprint density at radius 2 is 2.17 bits per heavy atom. The molecule has 0 heterocycles. The number of hydrogen-bond donors (Lipinski definition) is 0. The van der Waals surface area contributed by atoms with Crippen LogP contribution in [0.1, 0.15) is 43.2 Å². The number of rotatable bonds is 4. The quantitative estimate of drug-likeness (QED) is 0.601. The molecular formula is C15H17NO2. The van der Waals surface area contributed by atoms with E-state index in [0.717, 1.165) is 37.0 Å². The average molecular weight is 243 g/mol. The highest BCUT2D eigenvalue weighted by Crippen LogP contribution is 2.52. The molecule has 2 aliphatic carbocycles. The van der Waals surface area contributed by atoms with Gasteiger partial charge in [-0.15, -0.1) is 0 Å². The van der Waals surface area contributed by atoms with E-state index < -0.39 is 0 Å². The molecule has 2 fully saturated rings. The first-order valence-electron chi connectivity index (χ1n) is 6.60. The molecule has 0 bridgehead atoms. The summed E-state index contributed by atoms with van der Waals surface area (Å²) in [6.45, 7) is 2.05. The van der Waals surface area contributed by atoms with Crippen molar-refractivity contribution in [2.24, 2.45) is 4.99 Å². The molecule has 0 aliphatic heterocycles. The molecular weight excluding hydrogens is 226 g/mol. The Balaban J connectivity index is 1.95. The van der Waals surface area contributed by atoms with Gasteiger partial charge in [0.15, 0.2) is 0 Å². The Hall–Kier alpha value is -1.60. The molecule has 0 radical (unpaired) electrons. The number of hydrogen-bond acceptors (Lipinski definition) is 3. The molecule has 3 heteroatoms. The zero-order valence-electron chi connectivity index (χ0n) is 10.6. The molecule has 1 aromatic rings. The van der Waals surface area contributed by atoms with E-state index in [1.54, 1.807) is 6.08 Å². The van der Waals surface area contributed by atoms with Crippen molar-refractivity contribution in [3.8, 4) is 5.75 Å². The fourth-order valence-corrected chi connectivity index (χ4v) is 2.43. The molecule has 2 saturated carbocycles. The Morgan fingerprint density at radius 1 is 1.39 bits per heavy atom. The van der Waals surface area contributed by atoms with Crippen LogP contribution in [0.3, 0.4) is 0 Å². The average Bonchev–Trinajstić information content (AvgIpc) is 3.06. The van der Waals surface area contributed by atoms with Crippen molar-refractivity contribution in [1.82, 2.24) is 0 Å². The van der Waals surface area contributed by atoms with Gasteiger partial charge in [0, 0.05) is 5.56 Å². The fourth-order valence-electron chi connectivity index (χ4n) is 2.43. The van der Waals surface area contributed by atoms with Crippen LogP contribution < -0.4 is 4.74 Å². The summed E-state index contributed by atoms with van der Waals surface area (Å²) in [6, 6.07) is 6.17. The van der Waals surface area contributed by atoms with E-state index in [1.807, 2.05) is 6.07 Å². The zero-order valence-corrected chi connectivity index (χ0v) is 10.6. The Morgan fingerprint density at radius 3 is 2.72 bits per heavy atom. The topological polar surface area (TPSA) is 38.7 Å². The number of aliphatic imine (C=N–C) groups is 1. The van der Waals surface area contributed by atoms with Crippen molar-refractivity contribution >= 4 is 6.08 Å². The van der Waals surface area contributed by atoms with Crippen LogP contribution in [0.5, 0.6) is 5.75 Å². The van der Waals surface area contributed by atoms with Crippen LogP contribution in [-0.4, -0.2) is 12.2 Å². The van der Waals surface area contributed by atoms with Gasteiger partial charge in [0.25, 0.3) is 0 Å². The van der Waals surface area contributed by atoms with Crippen molar-refractivity contribution < 1.29 is 9.53 Å². The van der Waals surface area contributed by atoms with Crippen LogP contribution >= 0.6 is 0 Å². The summed E-state index contributed by atoms with van der Waals surface area (Å²) in [5.41, 5.74) is 1.91. The van der Waals surface area contributed by atoms with E-state index in [-0.39, 0.29) is 5.54 Å². The minimum absolute atomic E-state index is 0.340. The normalized spacial score (nSPS) is 20.7. The van der Waals surface area contributed by atoms with Gasteiger partial charge in [-0.3, -0.25) is 0 Å². The first kappa shape index (κ1) is 11.5. The summed E-state index contributed by atoms with van der Waals surface area (Å²) >= 11 is 0. The molecule has 3 nitrogen and oxygen atoms in total. The molecule has 0 atom stereocenters. The van der Waals surface area contributed by atoms with Crippen LogP contribution in [-0.2, 0) is 10.3 Å². The highest BCUT2D eigenvalue weighted by atomic mass is 16.5. The maximum absolute atomic E-state index is 10.6. The molecule has 0 aromatic heterocycles. The minimum Gasteiger partial charge on any atom is -0.490 e. The third-order valence-corrected chi connectivity index (χ3v) is 3.97. The van der Waals surface area contributed by atoms with E-state index in [4.69, 9.17) is 4.74 Å². The van der Waals surface area contributed by atoms with E-state index >= 15 is 0 Å². The molecule has 0 unspecified atom stereocenters. The van der Waals surface area contributed by atoms with Crippen LogP contribution in [0.25, 0.3) is 0 Å². The second-order valence-corrected chi connectivity index (χ2v) is 5.41. The molecule has 0 amide bonds. The number of nitrogens with zero attached hydrogens (tertiary/aromatic N) is 1. The van der Waals surface area contributed by atoms with Crippen LogP contribution in [0.4, 0.5) is 0 Å². The zero-order chi connectivity index (χ0) is 12.6. The van der Waals surface area contributed by atoms with E-state index in [2.05, 4.69) is 24.0 Å². The maximum atomic E-state index is 10.6. The molecule has 94 valence electrons. The Kier molecular flexibility index (Phi) is 2.71. The monoisotopic (exact) mass is 243 g/mol. The van der Waals surface area contributed by atoms with Crippen molar-refractivity contribution in [1.29, 1.82) is 0 Å². The smallest absolute Gasteiger partial charge is 0.235 e. The summed E-state index contributed by atoms with van der Waals surface area (Å²) in [5, 5.41) is 0. The fraction of sp³-hybridized carbons (Fsp3) is 0.533. The molecule has 1 aromatic carbocycles. The number of benzene rings is 1.